The van der Waals surface area contributed by atoms with Crippen LogP contribution in [0.25, 0.3) is 5.69 Å². The highest BCUT2D eigenvalue weighted by atomic mass is 16.2. The molecule has 0 spiro atoms. The number of aryl methyl sites for hydroxylation is 1. The fourth-order valence-corrected chi connectivity index (χ4v) is 2.56. The number of hydrogen-bond acceptors (Lipinski definition) is 3. The molecular weight excluding hydrogens is 316 g/mol. The highest BCUT2D eigenvalue weighted by Crippen LogP contribution is 2.08. The van der Waals surface area contributed by atoms with Gasteiger partial charge in [-0.25, -0.2) is 9.48 Å². The molecule has 0 saturated heterocycles. The fourth-order valence-electron chi connectivity index (χ4n) is 2.56. The number of rotatable bonds is 6. The van der Waals surface area contributed by atoms with Gasteiger partial charge in [-0.1, -0.05) is 18.2 Å². The molecule has 130 valence electrons. The van der Waals surface area contributed by atoms with Gasteiger partial charge in [0.2, 0.25) is 0 Å². The van der Waals surface area contributed by atoms with Crippen LogP contribution in [0.2, 0.25) is 0 Å². The monoisotopic (exact) mass is 338 g/mol. The first-order valence-electron chi connectivity index (χ1n) is 8.17. The lowest BCUT2D eigenvalue weighted by atomic mass is 10.2. The molecule has 0 aliphatic heterocycles. The van der Waals surface area contributed by atoms with Gasteiger partial charge in [-0.15, -0.1) is 0 Å². The zero-order valence-corrected chi connectivity index (χ0v) is 14.5. The quantitative estimate of drug-likeness (QED) is 0.747. The Labute approximate surface area is 146 Å². The van der Waals surface area contributed by atoms with Crippen molar-refractivity contribution >= 4 is 6.03 Å². The minimum atomic E-state index is -0.0979. The molecule has 7 heteroatoms. The van der Waals surface area contributed by atoms with Gasteiger partial charge in [0, 0.05) is 38.6 Å². The van der Waals surface area contributed by atoms with E-state index >= 15 is 0 Å². The van der Waals surface area contributed by atoms with E-state index < -0.39 is 0 Å². The van der Waals surface area contributed by atoms with Crippen LogP contribution in [0.5, 0.6) is 0 Å². The van der Waals surface area contributed by atoms with Crippen LogP contribution in [0.1, 0.15) is 11.1 Å². The van der Waals surface area contributed by atoms with Crippen LogP contribution < -0.4 is 5.32 Å². The van der Waals surface area contributed by atoms with Gasteiger partial charge in [0.1, 0.15) is 0 Å². The molecule has 1 N–H and O–H groups in total. The largest absolute Gasteiger partial charge is 0.338 e. The van der Waals surface area contributed by atoms with Crippen LogP contribution in [0.15, 0.2) is 55.1 Å². The summed E-state index contributed by atoms with van der Waals surface area (Å²) in [7, 11) is 3.63. The summed E-state index contributed by atoms with van der Waals surface area (Å²) in [5.41, 5.74) is 3.11. The molecule has 0 atom stereocenters. The van der Waals surface area contributed by atoms with E-state index in [0.717, 1.165) is 23.2 Å². The molecule has 0 radical (unpaired) electrons. The number of carbonyl (C=O) groups is 1. The molecule has 7 nitrogen and oxygen atoms in total. The molecule has 25 heavy (non-hydrogen) atoms. The lowest BCUT2D eigenvalue weighted by Gasteiger charge is -2.16. The zero-order chi connectivity index (χ0) is 17.6. The molecule has 2 heterocycles. The number of urea groups is 1. The second-order valence-corrected chi connectivity index (χ2v) is 5.99. The van der Waals surface area contributed by atoms with Crippen molar-refractivity contribution in [3.8, 4) is 5.69 Å². The van der Waals surface area contributed by atoms with E-state index in [9.17, 15) is 4.79 Å². The predicted molar refractivity (Wildman–Crippen MR) is 95.3 cm³/mol. The predicted octanol–water partition coefficient (Wildman–Crippen LogP) is 1.99. The van der Waals surface area contributed by atoms with Crippen molar-refractivity contribution in [3.05, 3.63) is 66.2 Å². The van der Waals surface area contributed by atoms with Crippen molar-refractivity contribution in [2.75, 3.05) is 13.6 Å². The Morgan fingerprint density at radius 2 is 1.88 bits per heavy atom. The molecule has 0 aliphatic rings. The van der Waals surface area contributed by atoms with Gasteiger partial charge in [0.25, 0.3) is 0 Å². The van der Waals surface area contributed by atoms with Gasteiger partial charge < -0.3 is 10.2 Å². The molecule has 2 amide bonds. The van der Waals surface area contributed by atoms with E-state index in [0.29, 0.717) is 13.1 Å². The highest BCUT2D eigenvalue weighted by Gasteiger charge is 2.09. The molecule has 0 fully saturated rings. The molecule has 3 rings (SSSR count). The summed E-state index contributed by atoms with van der Waals surface area (Å²) in [4.78, 5) is 13.8. The number of nitrogens with zero attached hydrogens (tertiary/aromatic N) is 5. The Kier molecular flexibility index (Phi) is 5.13. The van der Waals surface area contributed by atoms with E-state index in [1.165, 1.54) is 0 Å². The minimum absolute atomic E-state index is 0.0979. The van der Waals surface area contributed by atoms with E-state index in [-0.39, 0.29) is 6.03 Å². The molecular formula is C18H22N6O. The Balaban J connectivity index is 1.46. The van der Waals surface area contributed by atoms with Crippen molar-refractivity contribution in [2.45, 2.75) is 13.0 Å². The Morgan fingerprint density at radius 1 is 1.12 bits per heavy atom. The molecule has 1 aromatic carbocycles. The lowest BCUT2D eigenvalue weighted by Crippen LogP contribution is -2.37. The first-order chi connectivity index (χ1) is 12.1. The van der Waals surface area contributed by atoms with Crippen LogP contribution in [0.4, 0.5) is 4.79 Å². The molecule has 0 aliphatic carbocycles. The van der Waals surface area contributed by atoms with E-state index in [1.807, 2.05) is 60.7 Å². The smallest absolute Gasteiger partial charge is 0.317 e. The van der Waals surface area contributed by atoms with E-state index in [2.05, 4.69) is 15.5 Å². The zero-order valence-electron chi connectivity index (χ0n) is 14.5. The van der Waals surface area contributed by atoms with Crippen LogP contribution in [-0.2, 0) is 20.0 Å². The van der Waals surface area contributed by atoms with Gasteiger partial charge in [0.15, 0.2) is 0 Å². The number of aromatic nitrogens is 4. The lowest BCUT2D eigenvalue weighted by molar-refractivity contribution is 0.207. The maximum Gasteiger partial charge on any atom is 0.317 e. The Hall–Kier alpha value is -3.09. The number of para-hydroxylation sites is 1. The molecule has 2 aromatic heterocycles. The van der Waals surface area contributed by atoms with Crippen LogP contribution >= 0.6 is 0 Å². The summed E-state index contributed by atoms with van der Waals surface area (Å²) in [6.07, 6.45) is 8.22. The van der Waals surface area contributed by atoms with Crippen LogP contribution in [-0.4, -0.2) is 44.1 Å². The van der Waals surface area contributed by atoms with Crippen molar-refractivity contribution in [2.24, 2.45) is 7.05 Å². The summed E-state index contributed by atoms with van der Waals surface area (Å²) in [6.45, 7) is 1.10. The number of nitrogens with one attached hydrogen (secondary N) is 1. The molecule has 3 aromatic rings. The standard InChI is InChI=1S/C18H22N6O/c1-22(12-16-11-20-23(2)13-16)18(25)19-9-8-15-10-21-24(14-15)17-6-4-3-5-7-17/h3-7,10-11,13-14H,8-9,12H2,1-2H3,(H,19,25). The first-order valence-corrected chi connectivity index (χ1v) is 8.17. The van der Waals surface area contributed by atoms with Gasteiger partial charge in [-0.3, -0.25) is 4.68 Å². The second kappa shape index (κ2) is 7.65. The third kappa shape index (κ3) is 4.47. The summed E-state index contributed by atoms with van der Waals surface area (Å²) in [5, 5.41) is 11.4. The number of hydrogen-bond donors (Lipinski definition) is 1. The molecule has 0 saturated carbocycles. The second-order valence-electron chi connectivity index (χ2n) is 5.99. The maximum atomic E-state index is 12.1. The van der Waals surface area contributed by atoms with Crippen molar-refractivity contribution < 1.29 is 4.79 Å². The normalized spacial score (nSPS) is 10.6. The van der Waals surface area contributed by atoms with Gasteiger partial charge >= 0.3 is 6.03 Å². The minimum Gasteiger partial charge on any atom is -0.338 e. The van der Waals surface area contributed by atoms with Gasteiger partial charge in [0.05, 0.1) is 24.6 Å². The summed E-state index contributed by atoms with van der Waals surface area (Å²) >= 11 is 0. The Bertz CT molecular complexity index is 823. The third-order valence-electron chi connectivity index (χ3n) is 3.87. The molecule has 0 bridgehead atoms. The van der Waals surface area contributed by atoms with Crippen molar-refractivity contribution in [1.82, 2.24) is 29.8 Å². The number of amides is 2. The van der Waals surface area contributed by atoms with Gasteiger partial charge in [-0.05, 0) is 24.1 Å². The van der Waals surface area contributed by atoms with E-state index in [1.54, 1.807) is 22.8 Å². The van der Waals surface area contributed by atoms with Crippen LogP contribution in [0, 0.1) is 0 Å². The van der Waals surface area contributed by atoms with E-state index in [4.69, 9.17) is 0 Å². The maximum absolute atomic E-state index is 12.1. The topological polar surface area (TPSA) is 68.0 Å². The first kappa shape index (κ1) is 16.8. The van der Waals surface area contributed by atoms with Crippen LogP contribution in [0.3, 0.4) is 0 Å². The number of benzene rings is 1. The molecule has 0 unspecified atom stereocenters. The number of carbonyl (C=O) groups excluding carboxylic acids is 1. The average Bonchev–Trinajstić information content (AvgIpc) is 3.25. The highest BCUT2D eigenvalue weighted by molar-refractivity contribution is 5.73. The average molecular weight is 338 g/mol. The summed E-state index contributed by atoms with van der Waals surface area (Å²) < 4.78 is 3.57. The SMILES string of the molecule is CN(Cc1cnn(C)c1)C(=O)NCCc1cnn(-c2ccccc2)c1. The van der Waals surface area contributed by atoms with Gasteiger partial charge in [-0.2, -0.15) is 10.2 Å². The fraction of sp³-hybridized carbons (Fsp3) is 0.278. The summed E-state index contributed by atoms with van der Waals surface area (Å²) in [6, 6.07) is 9.85. The summed E-state index contributed by atoms with van der Waals surface area (Å²) in [5.74, 6) is 0. The Morgan fingerprint density at radius 3 is 2.60 bits per heavy atom. The van der Waals surface area contributed by atoms with Crippen molar-refractivity contribution in [3.63, 3.8) is 0 Å². The van der Waals surface area contributed by atoms with Crippen molar-refractivity contribution in [1.29, 1.82) is 0 Å². The third-order valence-corrected chi connectivity index (χ3v) is 3.87.